The third kappa shape index (κ3) is 3.71. The quantitative estimate of drug-likeness (QED) is 0.389. The third-order valence-corrected chi connectivity index (χ3v) is 5.69. The Hall–Kier alpha value is -3.48. The Labute approximate surface area is 187 Å². The summed E-state index contributed by atoms with van der Waals surface area (Å²) in [5.41, 5.74) is 3.17. The molecule has 5 rings (SSSR count). The van der Waals surface area contributed by atoms with Gasteiger partial charge in [0.1, 0.15) is 0 Å². The smallest absolute Gasteiger partial charge is 0.276 e. The topological polar surface area (TPSA) is 72.7 Å². The van der Waals surface area contributed by atoms with Gasteiger partial charge in [-0.15, -0.1) is 0 Å². The summed E-state index contributed by atoms with van der Waals surface area (Å²) in [6.07, 6.45) is 4.94. The summed E-state index contributed by atoms with van der Waals surface area (Å²) in [4.78, 5) is 21.5. The van der Waals surface area contributed by atoms with Crippen molar-refractivity contribution in [3.63, 3.8) is 0 Å². The molecule has 0 aliphatic carbocycles. The molecule has 152 valence electrons. The first kappa shape index (κ1) is 19.5. The molecule has 0 aliphatic rings. The van der Waals surface area contributed by atoms with Crippen molar-refractivity contribution in [2.75, 3.05) is 5.32 Å². The number of aromatic nitrogens is 4. The van der Waals surface area contributed by atoms with Gasteiger partial charge < -0.3 is 5.32 Å². The maximum absolute atomic E-state index is 13.1. The van der Waals surface area contributed by atoms with Crippen LogP contribution in [0.5, 0.6) is 0 Å². The number of nitrogens with one attached hydrogen (secondary N) is 1. The van der Waals surface area contributed by atoms with Crippen molar-refractivity contribution in [2.24, 2.45) is 0 Å². The second-order valence-electron chi connectivity index (χ2n) is 6.97. The van der Waals surface area contributed by atoms with Crippen molar-refractivity contribution in [3.05, 3.63) is 94.5 Å². The largest absolute Gasteiger partial charge is 0.319 e. The number of hydrogen-bond acceptors (Lipinski definition) is 4. The third-order valence-electron chi connectivity index (χ3n) is 4.98. The van der Waals surface area contributed by atoms with E-state index in [4.69, 9.17) is 23.2 Å². The molecule has 0 saturated carbocycles. The molecule has 6 nitrogen and oxygen atoms in total. The lowest BCUT2D eigenvalue weighted by Gasteiger charge is -2.08. The maximum atomic E-state index is 13.1. The predicted molar refractivity (Wildman–Crippen MR) is 123 cm³/mol. The molecule has 0 bridgehead atoms. The van der Waals surface area contributed by atoms with Crippen molar-refractivity contribution in [1.82, 2.24) is 19.7 Å². The Morgan fingerprint density at radius 1 is 1.00 bits per heavy atom. The SMILES string of the molecule is O=C(Nc1cccnc1)c1nn(Cc2c(Cl)cccc2Cl)c2cc3cccnc3cc12. The Morgan fingerprint density at radius 3 is 2.58 bits per heavy atom. The van der Waals surface area contributed by atoms with Crippen LogP contribution in [0.3, 0.4) is 0 Å². The van der Waals surface area contributed by atoms with E-state index in [0.29, 0.717) is 27.7 Å². The fraction of sp³-hybridized carbons (Fsp3) is 0.0435. The molecule has 5 aromatic rings. The number of carbonyl (C=O) groups excluding carboxylic acids is 1. The lowest BCUT2D eigenvalue weighted by atomic mass is 10.1. The molecular weight excluding hydrogens is 433 g/mol. The van der Waals surface area contributed by atoms with Gasteiger partial charge in [0.15, 0.2) is 5.69 Å². The van der Waals surface area contributed by atoms with E-state index >= 15 is 0 Å². The molecule has 0 unspecified atom stereocenters. The number of anilines is 1. The summed E-state index contributed by atoms with van der Waals surface area (Å²) in [5, 5.41) is 10.2. The number of amides is 1. The van der Waals surface area contributed by atoms with E-state index in [0.717, 1.165) is 22.0 Å². The van der Waals surface area contributed by atoms with E-state index in [1.807, 2.05) is 24.3 Å². The molecular formula is C23H15Cl2N5O. The highest BCUT2D eigenvalue weighted by Crippen LogP contribution is 2.29. The van der Waals surface area contributed by atoms with E-state index in [1.54, 1.807) is 53.6 Å². The van der Waals surface area contributed by atoms with Crippen molar-refractivity contribution in [1.29, 1.82) is 0 Å². The average Bonchev–Trinajstić information content (AvgIpc) is 3.13. The van der Waals surface area contributed by atoms with E-state index in [1.165, 1.54) is 0 Å². The molecule has 0 saturated heterocycles. The van der Waals surface area contributed by atoms with Gasteiger partial charge in [-0.2, -0.15) is 5.10 Å². The zero-order valence-corrected chi connectivity index (χ0v) is 17.6. The van der Waals surface area contributed by atoms with Gasteiger partial charge in [0.2, 0.25) is 0 Å². The van der Waals surface area contributed by atoms with Crippen LogP contribution >= 0.6 is 23.2 Å². The number of halogens is 2. The van der Waals surface area contributed by atoms with Crippen LogP contribution in [-0.2, 0) is 6.54 Å². The zero-order chi connectivity index (χ0) is 21.4. The zero-order valence-electron chi connectivity index (χ0n) is 16.1. The van der Waals surface area contributed by atoms with Gasteiger partial charge in [-0.25, -0.2) is 0 Å². The number of hydrogen-bond donors (Lipinski definition) is 1. The van der Waals surface area contributed by atoms with Crippen LogP contribution in [0.4, 0.5) is 5.69 Å². The van der Waals surface area contributed by atoms with Crippen LogP contribution in [0.15, 0.2) is 73.2 Å². The number of benzene rings is 2. The first-order valence-corrected chi connectivity index (χ1v) is 10.3. The lowest BCUT2D eigenvalue weighted by molar-refractivity contribution is 0.102. The van der Waals surface area contributed by atoms with Gasteiger partial charge in [-0.1, -0.05) is 35.3 Å². The van der Waals surface area contributed by atoms with Crippen molar-refractivity contribution in [2.45, 2.75) is 6.54 Å². The number of carbonyl (C=O) groups is 1. The van der Waals surface area contributed by atoms with Crippen LogP contribution in [0, 0.1) is 0 Å². The first-order chi connectivity index (χ1) is 15.1. The number of fused-ring (bicyclic) bond motifs is 2. The first-order valence-electron chi connectivity index (χ1n) is 9.50. The molecule has 31 heavy (non-hydrogen) atoms. The van der Waals surface area contributed by atoms with E-state index in [9.17, 15) is 4.79 Å². The molecule has 0 aliphatic heterocycles. The van der Waals surface area contributed by atoms with Gasteiger partial charge in [0.05, 0.1) is 29.5 Å². The molecule has 3 heterocycles. The molecule has 1 N–H and O–H groups in total. The van der Waals surface area contributed by atoms with Crippen LogP contribution in [0.1, 0.15) is 16.1 Å². The van der Waals surface area contributed by atoms with Crippen molar-refractivity contribution in [3.8, 4) is 0 Å². The fourth-order valence-electron chi connectivity index (χ4n) is 3.49. The fourth-order valence-corrected chi connectivity index (χ4v) is 4.01. The summed E-state index contributed by atoms with van der Waals surface area (Å²) in [5.74, 6) is -0.336. The molecule has 0 fully saturated rings. The molecule has 2 aromatic carbocycles. The van der Waals surface area contributed by atoms with Crippen molar-refractivity contribution >= 4 is 56.6 Å². The molecule has 0 radical (unpaired) electrons. The van der Waals surface area contributed by atoms with Crippen LogP contribution in [0.25, 0.3) is 21.8 Å². The molecule has 1 amide bonds. The minimum Gasteiger partial charge on any atom is -0.319 e. The minimum atomic E-state index is -0.336. The number of pyridine rings is 2. The van der Waals surface area contributed by atoms with Gasteiger partial charge in [0, 0.05) is 38.8 Å². The summed E-state index contributed by atoms with van der Waals surface area (Å²) >= 11 is 12.8. The maximum Gasteiger partial charge on any atom is 0.276 e. The number of rotatable bonds is 4. The summed E-state index contributed by atoms with van der Waals surface area (Å²) < 4.78 is 1.74. The normalized spacial score (nSPS) is 11.2. The summed E-state index contributed by atoms with van der Waals surface area (Å²) in [6, 6.07) is 16.6. The van der Waals surface area contributed by atoms with Crippen LogP contribution in [0.2, 0.25) is 10.0 Å². The Bertz CT molecular complexity index is 1410. The molecule has 3 aromatic heterocycles. The second-order valence-corrected chi connectivity index (χ2v) is 7.78. The Balaban J connectivity index is 1.66. The highest BCUT2D eigenvalue weighted by Gasteiger charge is 2.20. The van der Waals surface area contributed by atoms with Gasteiger partial charge in [-0.05, 0) is 42.5 Å². The van der Waals surface area contributed by atoms with E-state index in [-0.39, 0.29) is 11.6 Å². The number of nitrogens with zero attached hydrogens (tertiary/aromatic N) is 4. The van der Waals surface area contributed by atoms with Crippen LogP contribution < -0.4 is 5.32 Å². The van der Waals surface area contributed by atoms with E-state index < -0.39 is 0 Å². The second kappa shape index (κ2) is 7.98. The predicted octanol–water partition coefficient (Wildman–Crippen LogP) is 5.59. The molecule has 0 spiro atoms. The Kier molecular flexibility index (Phi) is 5.02. The van der Waals surface area contributed by atoms with Gasteiger partial charge in [0.25, 0.3) is 5.91 Å². The van der Waals surface area contributed by atoms with Crippen molar-refractivity contribution < 1.29 is 4.79 Å². The lowest BCUT2D eigenvalue weighted by Crippen LogP contribution is -2.14. The molecule has 0 atom stereocenters. The highest BCUT2D eigenvalue weighted by atomic mass is 35.5. The standard InChI is InChI=1S/C23H15Cl2N5O/c24-18-6-1-7-19(25)17(18)13-30-21-10-14-4-2-9-27-20(14)11-16(21)22(29-30)23(31)28-15-5-3-8-26-12-15/h1-12H,13H2,(H,28,31). The minimum absolute atomic E-state index is 0.287. The van der Waals surface area contributed by atoms with Gasteiger partial charge in [-0.3, -0.25) is 19.4 Å². The monoisotopic (exact) mass is 447 g/mol. The van der Waals surface area contributed by atoms with Gasteiger partial charge >= 0.3 is 0 Å². The van der Waals surface area contributed by atoms with Crippen LogP contribution in [-0.4, -0.2) is 25.7 Å². The summed E-state index contributed by atoms with van der Waals surface area (Å²) in [7, 11) is 0. The van der Waals surface area contributed by atoms with E-state index in [2.05, 4.69) is 20.4 Å². The Morgan fingerprint density at radius 2 is 1.81 bits per heavy atom. The average molecular weight is 448 g/mol. The molecule has 8 heteroatoms. The highest BCUT2D eigenvalue weighted by molar-refractivity contribution is 6.36. The summed E-state index contributed by atoms with van der Waals surface area (Å²) in [6.45, 7) is 0.320.